The molecule has 214 valence electrons. The number of imidazole rings is 1. The standard InChI is InChI=1S/C32H30N4O5S/c1-5-15-41-22-13-11-20(17-23(22)40-6-2)28-26(29(37)27-19(4)33-25-9-7-8-14-35(25)27)30(38)31(39)36(28)32-34-21-12-10-18(3)16-24(21)42-32/h7-14,16-17,28,37H,5-6,15H2,1-4H3. The number of Topliss-reactive ketones (excluding diaryl/α,β-unsaturated/α-hetero) is 1. The van der Waals surface area contributed by atoms with Gasteiger partial charge in [0, 0.05) is 6.20 Å². The highest BCUT2D eigenvalue weighted by molar-refractivity contribution is 7.22. The first-order valence-corrected chi connectivity index (χ1v) is 14.7. The van der Waals surface area contributed by atoms with Crippen molar-refractivity contribution in [1.82, 2.24) is 14.4 Å². The molecule has 0 spiro atoms. The van der Waals surface area contributed by atoms with Crippen molar-refractivity contribution in [2.75, 3.05) is 18.1 Å². The third kappa shape index (κ3) is 4.57. The van der Waals surface area contributed by atoms with Gasteiger partial charge in [-0.1, -0.05) is 36.5 Å². The minimum Gasteiger partial charge on any atom is -0.505 e. The number of aromatic nitrogens is 3. The Bertz CT molecular complexity index is 1890. The van der Waals surface area contributed by atoms with Crippen LogP contribution in [0.25, 0.3) is 21.6 Å². The molecular weight excluding hydrogens is 552 g/mol. The number of aliphatic hydroxyl groups excluding tert-OH is 1. The van der Waals surface area contributed by atoms with E-state index in [1.54, 1.807) is 35.7 Å². The minimum absolute atomic E-state index is 0.0473. The van der Waals surface area contributed by atoms with Crippen LogP contribution in [0.4, 0.5) is 5.13 Å². The van der Waals surface area contributed by atoms with Crippen LogP contribution in [-0.2, 0) is 9.59 Å². The predicted octanol–water partition coefficient (Wildman–Crippen LogP) is 6.37. The van der Waals surface area contributed by atoms with E-state index in [0.717, 1.165) is 22.2 Å². The number of ether oxygens (including phenoxy) is 2. The summed E-state index contributed by atoms with van der Waals surface area (Å²) in [7, 11) is 0. The lowest BCUT2D eigenvalue weighted by atomic mass is 9.96. The number of rotatable bonds is 8. The zero-order valence-electron chi connectivity index (χ0n) is 23.7. The average molecular weight is 583 g/mol. The smallest absolute Gasteiger partial charge is 0.301 e. The van der Waals surface area contributed by atoms with E-state index in [1.165, 1.54) is 16.2 Å². The highest BCUT2D eigenvalue weighted by Crippen LogP contribution is 2.46. The number of carbonyl (C=O) groups is 2. The van der Waals surface area contributed by atoms with Crippen LogP contribution >= 0.6 is 11.3 Å². The fourth-order valence-corrected chi connectivity index (χ4v) is 6.38. The third-order valence-electron chi connectivity index (χ3n) is 7.16. The molecule has 1 atom stereocenters. The normalized spacial score (nSPS) is 16.6. The van der Waals surface area contributed by atoms with Crippen molar-refractivity contribution in [3.63, 3.8) is 0 Å². The van der Waals surface area contributed by atoms with Gasteiger partial charge in [-0.05, 0) is 74.7 Å². The number of hydrogen-bond acceptors (Lipinski definition) is 8. The Morgan fingerprint density at radius 3 is 2.62 bits per heavy atom. The van der Waals surface area contributed by atoms with Gasteiger partial charge in [-0.25, -0.2) is 9.97 Å². The number of amides is 1. The van der Waals surface area contributed by atoms with Crippen molar-refractivity contribution in [1.29, 1.82) is 0 Å². The summed E-state index contributed by atoms with van der Waals surface area (Å²) < 4.78 is 14.4. The topological polar surface area (TPSA) is 106 Å². The lowest BCUT2D eigenvalue weighted by molar-refractivity contribution is -0.132. The average Bonchev–Trinajstić information content (AvgIpc) is 3.62. The number of aliphatic hydroxyl groups is 1. The molecule has 9 nitrogen and oxygen atoms in total. The van der Waals surface area contributed by atoms with Gasteiger partial charge in [0.15, 0.2) is 22.4 Å². The molecule has 5 aromatic rings. The fourth-order valence-electron chi connectivity index (χ4n) is 5.29. The highest BCUT2D eigenvalue weighted by Gasteiger charge is 2.49. The van der Waals surface area contributed by atoms with Crippen molar-refractivity contribution in [2.24, 2.45) is 0 Å². The summed E-state index contributed by atoms with van der Waals surface area (Å²) in [5, 5.41) is 12.2. The largest absolute Gasteiger partial charge is 0.505 e. The summed E-state index contributed by atoms with van der Waals surface area (Å²) in [6.07, 6.45) is 2.58. The number of thiazole rings is 1. The number of anilines is 1. The molecule has 1 amide bonds. The number of nitrogens with zero attached hydrogens (tertiary/aromatic N) is 4. The number of pyridine rings is 1. The molecule has 42 heavy (non-hydrogen) atoms. The quantitative estimate of drug-likeness (QED) is 0.129. The molecular formula is C32H30N4O5S. The summed E-state index contributed by atoms with van der Waals surface area (Å²) in [6, 6.07) is 15.7. The lowest BCUT2D eigenvalue weighted by Gasteiger charge is -2.24. The van der Waals surface area contributed by atoms with Gasteiger partial charge in [0.2, 0.25) is 0 Å². The van der Waals surface area contributed by atoms with Crippen molar-refractivity contribution >= 4 is 49.8 Å². The Kier molecular flexibility index (Phi) is 7.16. The molecule has 1 saturated heterocycles. The fraction of sp³-hybridized carbons (Fsp3) is 0.250. The highest BCUT2D eigenvalue weighted by atomic mass is 32.1. The molecule has 1 aliphatic rings. The Hall–Kier alpha value is -4.70. The van der Waals surface area contributed by atoms with Crippen LogP contribution in [-0.4, -0.2) is 44.4 Å². The second kappa shape index (κ2) is 10.9. The third-order valence-corrected chi connectivity index (χ3v) is 8.17. The second-order valence-corrected chi connectivity index (χ2v) is 11.1. The molecule has 10 heteroatoms. The molecule has 6 rings (SSSR count). The number of hydrogen-bond donors (Lipinski definition) is 1. The van der Waals surface area contributed by atoms with Gasteiger partial charge in [0.25, 0.3) is 5.78 Å². The van der Waals surface area contributed by atoms with E-state index in [9.17, 15) is 14.7 Å². The number of fused-ring (bicyclic) bond motifs is 2. The number of benzene rings is 2. The number of carbonyl (C=O) groups excluding carboxylic acids is 2. The van der Waals surface area contributed by atoms with E-state index in [0.29, 0.717) is 52.4 Å². The molecule has 3 aromatic heterocycles. The second-order valence-electron chi connectivity index (χ2n) is 10.1. The van der Waals surface area contributed by atoms with Crippen LogP contribution in [0.5, 0.6) is 11.5 Å². The van der Waals surface area contributed by atoms with Crippen LogP contribution in [0.1, 0.15) is 48.8 Å². The van der Waals surface area contributed by atoms with Crippen molar-refractivity contribution < 1.29 is 24.2 Å². The number of aryl methyl sites for hydroxylation is 2. The lowest BCUT2D eigenvalue weighted by Crippen LogP contribution is -2.29. The van der Waals surface area contributed by atoms with Crippen LogP contribution < -0.4 is 14.4 Å². The van der Waals surface area contributed by atoms with Crippen molar-refractivity contribution in [2.45, 2.75) is 40.2 Å². The van der Waals surface area contributed by atoms with Crippen molar-refractivity contribution in [3.05, 3.63) is 88.9 Å². The molecule has 0 saturated carbocycles. The molecule has 0 bridgehead atoms. The zero-order chi connectivity index (χ0) is 29.5. The molecule has 0 aliphatic carbocycles. The summed E-state index contributed by atoms with van der Waals surface area (Å²) in [6.45, 7) is 8.54. The van der Waals surface area contributed by atoms with E-state index in [1.807, 2.05) is 57.2 Å². The van der Waals surface area contributed by atoms with Crippen LogP contribution in [0.2, 0.25) is 0 Å². The summed E-state index contributed by atoms with van der Waals surface area (Å²) in [4.78, 5) is 38.3. The molecule has 4 heterocycles. The van der Waals surface area contributed by atoms with Gasteiger partial charge in [-0.2, -0.15) is 0 Å². The van der Waals surface area contributed by atoms with E-state index in [2.05, 4.69) is 4.98 Å². The Morgan fingerprint density at radius 1 is 1.00 bits per heavy atom. The van der Waals surface area contributed by atoms with E-state index < -0.39 is 17.7 Å². The molecule has 1 N–H and O–H groups in total. The number of ketones is 1. The minimum atomic E-state index is -0.972. The van der Waals surface area contributed by atoms with Gasteiger partial charge in [0.1, 0.15) is 11.3 Å². The van der Waals surface area contributed by atoms with Gasteiger partial charge in [0.05, 0.1) is 40.7 Å². The van der Waals surface area contributed by atoms with Crippen LogP contribution in [0.3, 0.4) is 0 Å². The van der Waals surface area contributed by atoms with E-state index >= 15 is 0 Å². The van der Waals surface area contributed by atoms with Gasteiger partial charge >= 0.3 is 5.91 Å². The molecule has 1 fully saturated rings. The van der Waals surface area contributed by atoms with Crippen LogP contribution in [0.15, 0.2) is 66.4 Å². The first-order valence-electron chi connectivity index (χ1n) is 13.8. The zero-order valence-corrected chi connectivity index (χ0v) is 24.6. The van der Waals surface area contributed by atoms with E-state index in [4.69, 9.17) is 14.5 Å². The Labute approximate surface area is 246 Å². The molecule has 2 aromatic carbocycles. The monoisotopic (exact) mass is 582 g/mol. The summed E-state index contributed by atoms with van der Waals surface area (Å²) in [5.41, 5.74) is 3.79. The van der Waals surface area contributed by atoms with Crippen LogP contribution in [0, 0.1) is 13.8 Å². The maximum atomic E-state index is 13.8. The first kappa shape index (κ1) is 27.5. The molecule has 1 aliphatic heterocycles. The summed E-state index contributed by atoms with van der Waals surface area (Å²) in [5.74, 6) is -0.832. The predicted molar refractivity (Wildman–Crippen MR) is 162 cm³/mol. The maximum Gasteiger partial charge on any atom is 0.301 e. The molecule has 0 radical (unpaired) electrons. The molecule has 1 unspecified atom stereocenters. The SMILES string of the molecule is CCCOc1ccc(C2C(=C(O)c3c(C)nc4ccccn34)C(=O)C(=O)N2c2nc3ccc(C)cc3s2)cc1OCC. The van der Waals surface area contributed by atoms with Gasteiger partial charge in [-0.15, -0.1) is 0 Å². The van der Waals surface area contributed by atoms with Gasteiger partial charge in [-0.3, -0.25) is 18.9 Å². The van der Waals surface area contributed by atoms with Crippen molar-refractivity contribution in [3.8, 4) is 11.5 Å². The maximum absolute atomic E-state index is 13.8. The first-order chi connectivity index (χ1) is 20.3. The van der Waals surface area contributed by atoms with E-state index in [-0.39, 0.29) is 11.3 Å². The Morgan fingerprint density at radius 2 is 1.83 bits per heavy atom. The summed E-state index contributed by atoms with van der Waals surface area (Å²) >= 11 is 1.32. The Balaban J connectivity index is 1.59. The van der Waals surface area contributed by atoms with Gasteiger partial charge < -0.3 is 14.6 Å².